The number of phenols is 2. The third kappa shape index (κ3) is 36.9. The number of hydrogen-bond donors (Lipinski definition) is 12. The number of aromatic hydroxyl groups is 2. The van der Waals surface area contributed by atoms with Crippen molar-refractivity contribution in [2.75, 3.05) is 57.9 Å². The zero-order valence-electron chi connectivity index (χ0n) is 75.4. The molecule has 0 saturated heterocycles. The van der Waals surface area contributed by atoms with E-state index in [1.165, 1.54) is 42.5 Å². The molecule has 1 heterocycles. The van der Waals surface area contributed by atoms with Crippen LogP contribution in [-0.2, 0) is 44.4 Å². The Hall–Kier alpha value is -13.4. The average molecular weight is 1780 g/mol. The largest absolute Gasteiger partial charge is 0.545 e. The molecule has 0 unspecified atom stereocenters. The van der Waals surface area contributed by atoms with Gasteiger partial charge in [-0.05, 0) is 232 Å². The number of alkyl carbamates (subject to hydrolysis) is 4. The lowest BCUT2D eigenvalue weighted by Crippen LogP contribution is -2.45. The lowest BCUT2D eigenvalue weighted by Gasteiger charge is -2.24. The van der Waals surface area contributed by atoms with E-state index in [1.54, 1.807) is 209 Å². The molecule has 0 aliphatic carbocycles. The van der Waals surface area contributed by atoms with Crippen molar-refractivity contribution in [1.29, 1.82) is 0 Å². The summed E-state index contributed by atoms with van der Waals surface area (Å²) in [6.07, 6.45) is -8.34. The first kappa shape index (κ1) is 101. The number of aliphatic imine (C=N–C) groups is 4. The number of benzene rings is 5. The lowest BCUT2D eigenvalue weighted by molar-refractivity contribution is -0.255. The Balaban J connectivity index is 1.59. The molecule has 1 aromatic heterocycles. The molecule has 8 amide bonds. The maximum atomic E-state index is 13.4. The molecule has 40 heteroatoms. The molecular weight excluding hydrogens is 1660 g/mol. The molecule has 6 aromatic rings. The van der Waals surface area contributed by atoms with E-state index in [0.29, 0.717) is 16.3 Å². The molecule has 6 rings (SSSR count). The number of carbonyl (C=O) groups is 9. The Morgan fingerprint density at radius 3 is 1.07 bits per heavy atom. The van der Waals surface area contributed by atoms with Crippen molar-refractivity contribution >= 4 is 124 Å². The summed E-state index contributed by atoms with van der Waals surface area (Å²) in [5.41, 5.74) is -6.76. The average Bonchev–Trinajstić information content (AvgIpc) is 0.748. The van der Waals surface area contributed by atoms with Crippen LogP contribution in [0.25, 0.3) is 44.2 Å². The zero-order chi connectivity index (χ0) is 94.3. The van der Waals surface area contributed by atoms with Gasteiger partial charge in [0.2, 0.25) is 23.8 Å². The highest BCUT2D eigenvalue weighted by molar-refractivity contribution is 7.80. The lowest BCUT2D eigenvalue weighted by atomic mass is 9.93. The van der Waals surface area contributed by atoms with Crippen LogP contribution < -0.4 is 77.2 Å². The van der Waals surface area contributed by atoms with Gasteiger partial charge in [-0.1, -0.05) is 24.3 Å². The fraction of sp³-hybridized carbons (Fsp3) is 0.477. The van der Waals surface area contributed by atoms with Gasteiger partial charge in [-0.15, -0.1) is 20.0 Å². The Labute approximate surface area is 735 Å². The summed E-state index contributed by atoms with van der Waals surface area (Å²) in [7, 11) is 0. The number of fused-ring (bicyclic) bond motifs is 2. The SMILES string of the molecule is CC(C)(C)OC(=O)/N=C(/NCCOc1cccc(-c2ccc(CNC(=S)Nc3ccc(-c4c5ccc(O)cc5[o+]c5cc(O)ccc45)c(C(=O)[O-])c3)c(OCCN/C(=N/C(=O)OC(C)(C)C)NC(=O)OC(C)(C)C)c2OCCN/C(=N/C(=O)OC(C)(C)C)NC(=O)OC(C)(C)C)c1OCCN/C(=N/C(=O)OC(C)(C)C)NC(=O)OC(C)(C)C)NC(=O)OC(C)(C)C. The molecule has 39 nitrogen and oxygen atoms in total. The highest BCUT2D eigenvalue weighted by atomic mass is 32.1. The van der Waals surface area contributed by atoms with Crippen LogP contribution in [0.2, 0.25) is 0 Å². The van der Waals surface area contributed by atoms with Crippen LogP contribution in [0, 0.1) is 0 Å². The number of phenolic OH excluding ortho intramolecular Hbond substituents is 2. The van der Waals surface area contributed by atoms with Gasteiger partial charge in [-0.2, -0.15) is 0 Å². The number of aromatic carboxylic acids is 1. The Bertz CT molecular complexity index is 5030. The number of amides is 8. The van der Waals surface area contributed by atoms with Crippen LogP contribution in [0.3, 0.4) is 0 Å². The standard InChI is InChI=1S/C86H116N14O25S/c1-79(2,3)118-71(105)93-66(94-72(106)119-80(4,5)6)87-36-40-113-58-27-25-26-53(63(58)115-42-38-89-68(97-75(109)122-83(13,14)15)98-76(110)123-84(16,17)18)54-32-28-48(47-91-70(126)92-49-29-33-52(57(44-49)65(103)104)61-55-34-30-50(101)45-59(55)117-60-46-51(102)31-35-56(60)61)62(114-41-37-88-67(95-73(107)120-81(7,8)9)96-74(108)121-82(10,11)12)64(54)116-43-39-90-69(99-77(111)124-85(19,20)21)100-78(112)125-86(22,23)24/h25-35,44-46H,36-43,47H2,1-24H3,(H12-,87,88,89,90,91,92,93,94,95,96,97,98,99,100,101,102,103,104,105,106,107,108,109,110,111,112,126). The normalized spacial score (nSPS) is 12.5. The van der Waals surface area contributed by atoms with Gasteiger partial charge in [0.05, 0.1) is 55.1 Å². The van der Waals surface area contributed by atoms with E-state index in [1.807, 2.05) is 0 Å². The number of rotatable bonds is 22. The van der Waals surface area contributed by atoms with Crippen LogP contribution in [0.4, 0.5) is 44.0 Å². The summed E-state index contributed by atoms with van der Waals surface area (Å²) in [6, 6.07) is 21.0. The number of nitrogens with zero attached hydrogens (tertiary/aromatic N) is 4. The van der Waals surface area contributed by atoms with Crippen LogP contribution in [0.15, 0.2) is 109 Å². The fourth-order valence-electron chi connectivity index (χ4n) is 10.6. The van der Waals surface area contributed by atoms with Crippen molar-refractivity contribution in [1.82, 2.24) is 47.9 Å². The number of carboxylic acid groups (broad SMARTS) is 1. The first-order valence-corrected chi connectivity index (χ1v) is 40.3. The van der Waals surface area contributed by atoms with Crippen LogP contribution >= 0.6 is 12.2 Å². The summed E-state index contributed by atoms with van der Waals surface area (Å²) in [5.74, 6) is -3.71. The van der Waals surface area contributed by atoms with Gasteiger partial charge in [-0.3, -0.25) is 21.3 Å². The number of anilines is 1. The smallest absolute Gasteiger partial charge is 0.437 e. The minimum absolute atomic E-state index is 0.0120. The number of para-hydroxylation sites is 1. The number of nitrogens with one attached hydrogen (secondary N) is 10. The molecule has 0 aliphatic rings. The summed E-state index contributed by atoms with van der Waals surface area (Å²) in [5, 5.41) is 62.5. The van der Waals surface area contributed by atoms with Crippen molar-refractivity contribution in [2.24, 2.45) is 20.0 Å². The van der Waals surface area contributed by atoms with Crippen LogP contribution in [0.1, 0.15) is 182 Å². The van der Waals surface area contributed by atoms with Crippen LogP contribution in [-0.4, -0.2) is 191 Å². The van der Waals surface area contributed by atoms with Gasteiger partial charge >= 0.3 is 59.9 Å². The van der Waals surface area contributed by atoms with Crippen molar-refractivity contribution in [3.8, 4) is 56.8 Å². The summed E-state index contributed by atoms with van der Waals surface area (Å²) >= 11 is 5.95. The number of ether oxygens (including phenoxy) is 12. The van der Waals surface area contributed by atoms with Crippen molar-refractivity contribution in [3.05, 3.63) is 96.1 Å². The molecule has 0 atom stereocenters. The fourth-order valence-corrected chi connectivity index (χ4v) is 10.8. The molecule has 126 heavy (non-hydrogen) atoms. The predicted octanol–water partition coefficient (Wildman–Crippen LogP) is 13.6. The van der Waals surface area contributed by atoms with Crippen molar-refractivity contribution < 1.29 is 120 Å². The third-order valence-electron chi connectivity index (χ3n) is 14.8. The van der Waals surface area contributed by atoms with Crippen LogP contribution in [0.5, 0.6) is 34.5 Å². The molecule has 0 radical (unpaired) electrons. The molecule has 0 spiro atoms. The van der Waals surface area contributed by atoms with Gasteiger partial charge < -0.3 is 109 Å². The minimum atomic E-state index is -1.59. The maximum Gasteiger partial charge on any atom is 0.437 e. The van der Waals surface area contributed by atoms with Gasteiger partial charge in [0.15, 0.2) is 28.1 Å². The second kappa shape index (κ2) is 43.3. The highest BCUT2D eigenvalue weighted by Gasteiger charge is 2.31. The topological polar surface area (TPSA) is 509 Å². The molecular formula is C86H116N14O25S. The Kier molecular flexibility index (Phi) is 34.8. The Morgan fingerprint density at radius 2 is 0.714 bits per heavy atom. The number of carboxylic acids is 1. The first-order valence-electron chi connectivity index (χ1n) is 39.9. The van der Waals surface area contributed by atoms with E-state index in [0.717, 1.165) is 0 Å². The number of carbonyl (C=O) groups excluding carboxylic acids is 9. The minimum Gasteiger partial charge on any atom is -0.545 e. The summed E-state index contributed by atoms with van der Waals surface area (Å²) < 4.78 is 76.8. The highest BCUT2D eigenvalue weighted by Crippen LogP contribution is 2.48. The quantitative estimate of drug-likeness (QED) is 0.00571. The van der Waals surface area contributed by atoms with Gasteiger partial charge in [0, 0.05) is 40.0 Å². The van der Waals surface area contributed by atoms with Gasteiger partial charge in [0.1, 0.15) is 82.7 Å². The first-order chi connectivity index (χ1) is 58.2. The van der Waals surface area contributed by atoms with E-state index in [2.05, 4.69) is 73.1 Å². The molecule has 12 N–H and O–H groups in total. The van der Waals surface area contributed by atoms with Crippen molar-refractivity contribution in [3.63, 3.8) is 0 Å². The second-order valence-electron chi connectivity index (χ2n) is 35.6. The third-order valence-corrected chi connectivity index (χ3v) is 15.0. The summed E-state index contributed by atoms with van der Waals surface area (Å²) in [6.45, 7) is 36.2. The number of hydrogen-bond acceptors (Lipinski definition) is 25. The van der Waals surface area contributed by atoms with E-state index >= 15 is 0 Å². The predicted molar refractivity (Wildman–Crippen MR) is 472 cm³/mol. The van der Waals surface area contributed by atoms with E-state index in [9.17, 15) is 58.5 Å². The van der Waals surface area contributed by atoms with Gasteiger partial charge in [-0.25, -0.2) is 42.8 Å². The van der Waals surface area contributed by atoms with E-state index in [4.69, 9.17) is 73.5 Å². The van der Waals surface area contributed by atoms with Crippen molar-refractivity contribution in [2.45, 2.75) is 218 Å². The molecule has 0 fully saturated rings. The second-order valence-corrected chi connectivity index (χ2v) is 36.0. The molecule has 5 aromatic carbocycles. The zero-order valence-corrected chi connectivity index (χ0v) is 76.2. The Morgan fingerprint density at radius 1 is 0.381 bits per heavy atom. The molecule has 0 bridgehead atoms. The van der Waals surface area contributed by atoms with E-state index in [-0.39, 0.29) is 143 Å². The molecule has 686 valence electrons. The molecule has 0 aliphatic heterocycles. The molecule has 0 saturated carbocycles. The number of thiocarbonyl (C=S) groups is 1. The summed E-state index contributed by atoms with van der Waals surface area (Å²) in [4.78, 5) is 136. The van der Waals surface area contributed by atoms with Gasteiger partial charge in [0.25, 0.3) is 0 Å². The van der Waals surface area contributed by atoms with E-state index < -0.39 is 124 Å². The maximum absolute atomic E-state index is 13.4. The number of guanidine groups is 4. The monoisotopic (exact) mass is 1780 g/mol.